The molecular weight excluding hydrogens is 250 g/mol. The van der Waals surface area contributed by atoms with Gasteiger partial charge in [-0.3, -0.25) is 4.79 Å². The molecule has 0 saturated carbocycles. The first-order valence-electron chi connectivity index (χ1n) is 6.56. The van der Waals surface area contributed by atoms with E-state index in [4.69, 9.17) is 5.73 Å². The zero-order chi connectivity index (χ0) is 14.0. The van der Waals surface area contributed by atoms with Crippen molar-refractivity contribution in [1.29, 1.82) is 0 Å². The Morgan fingerprint density at radius 1 is 1.42 bits per heavy atom. The van der Waals surface area contributed by atoms with Gasteiger partial charge in [-0.1, -0.05) is 13.3 Å². The quantitative estimate of drug-likeness (QED) is 0.857. The first-order valence-corrected chi connectivity index (χ1v) is 6.56. The van der Waals surface area contributed by atoms with Gasteiger partial charge in [0, 0.05) is 18.7 Å². The average Bonchev–Trinajstić information content (AvgIpc) is 2.83. The molecule has 1 aromatic carbocycles. The van der Waals surface area contributed by atoms with E-state index in [0.717, 1.165) is 31.4 Å². The highest BCUT2D eigenvalue weighted by Crippen LogP contribution is 2.24. The van der Waals surface area contributed by atoms with Crippen LogP contribution in [0.15, 0.2) is 12.1 Å². The lowest BCUT2D eigenvalue weighted by Crippen LogP contribution is -2.29. The Kier molecular flexibility index (Phi) is 4.02. The van der Waals surface area contributed by atoms with Crippen molar-refractivity contribution in [2.24, 2.45) is 5.92 Å². The predicted molar refractivity (Wildman–Crippen MR) is 69.7 cm³/mol. The van der Waals surface area contributed by atoms with Crippen LogP contribution in [-0.2, 0) is 0 Å². The molecule has 0 radical (unpaired) electrons. The van der Waals surface area contributed by atoms with Crippen molar-refractivity contribution in [1.82, 2.24) is 4.90 Å². The normalized spacial score (nSPS) is 18.9. The molecule has 1 saturated heterocycles. The summed E-state index contributed by atoms with van der Waals surface area (Å²) in [4.78, 5) is 13.8. The molecule has 19 heavy (non-hydrogen) atoms. The van der Waals surface area contributed by atoms with Crippen LogP contribution in [0.3, 0.4) is 0 Å². The number of halogens is 2. The van der Waals surface area contributed by atoms with Gasteiger partial charge in [0.1, 0.15) is 17.3 Å². The zero-order valence-electron chi connectivity index (χ0n) is 11.0. The maximum atomic E-state index is 13.3. The summed E-state index contributed by atoms with van der Waals surface area (Å²) >= 11 is 0. The van der Waals surface area contributed by atoms with Crippen molar-refractivity contribution < 1.29 is 13.6 Å². The average molecular weight is 268 g/mol. The molecule has 0 aliphatic carbocycles. The van der Waals surface area contributed by atoms with Gasteiger partial charge in [-0.05, 0) is 30.9 Å². The standard InChI is InChI=1S/C14H18F2N2O/c1-2-3-9-4-5-18(8-9)14(19)10-6-11(15)13(17)12(16)7-10/h6-7,9H,2-5,8,17H2,1H3. The first kappa shape index (κ1) is 13.8. The highest BCUT2D eigenvalue weighted by atomic mass is 19.1. The van der Waals surface area contributed by atoms with Crippen molar-refractivity contribution in [3.63, 3.8) is 0 Å². The second-order valence-corrected chi connectivity index (χ2v) is 5.05. The van der Waals surface area contributed by atoms with E-state index >= 15 is 0 Å². The van der Waals surface area contributed by atoms with E-state index < -0.39 is 17.3 Å². The minimum absolute atomic E-state index is 0.0290. The van der Waals surface area contributed by atoms with Crippen LogP contribution in [0.2, 0.25) is 0 Å². The van der Waals surface area contributed by atoms with Gasteiger partial charge in [0.05, 0.1) is 0 Å². The highest BCUT2D eigenvalue weighted by Gasteiger charge is 2.27. The van der Waals surface area contributed by atoms with Crippen LogP contribution in [0.4, 0.5) is 14.5 Å². The van der Waals surface area contributed by atoms with Crippen molar-refractivity contribution in [3.05, 3.63) is 29.3 Å². The van der Waals surface area contributed by atoms with Gasteiger partial charge in [0.2, 0.25) is 0 Å². The SMILES string of the molecule is CCCC1CCN(C(=O)c2cc(F)c(N)c(F)c2)C1. The lowest BCUT2D eigenvalue weighted by Gasteiger charge is -2.17. The number of nitrogen functional groups attached to an aromatic ring is 1. The van der Waals surface area contributed by atoms with E-state index in [-0.39, 0.29) is 11.5 Å². The lowest BCUT2D eigenvalue weighted by atomic mass is 10.0. The minimum Gasteiger partial charge on any atom is -0.394 e. The summed E-state index contributed by atoms with van der Waals surface area (Å²) in [7, 11) is 0. The molecule has 2 rings (SSSR count). The number of nitrogens with two attached hydrogens (primary N) is 1. The summed E-state index contributed by atoms with van der Waals surface area (Å²) in [5.41, 5.74) is 4.68. The third-order valence-corrected chi connectivity index (χ3v) is 3.60. The number of rotatable bonds is 3. The fraction of sp³-hybridized carbons (Fsp3) is 0.500. The van der Waals surface area contributed by atoms with Crippen LogP contribution < -0.4 is 5.73 Å². The number of hydrogen-bond donors (Lipinski definition) is 1. The number of carbonyl (C=O) groups excluding carboxylic acids is 1. The number of anilines is 1. The summed E-state index contributed by atoms with van der Waals surface area (Å²) in [5, 5.41) is 0. The molecular formula is C14H18F2N2O. The van der Waals surface area contributed by atoms with Crippen LogP contribution in [0.1, 0.15) is 36.5 Å². The Morgan fingerprint density at radius 3 is 2.63 bits per heavy atom. The summed E-state index contributed by atoms with van der Waals surface area (Å²) < 4.78 is 26.7. The van der Waals surface area contributed by atoms with Gasteiger partial charge >= 0.3 is 0 Å². The summed E-state index contributed by atoms with van der Waals surface area (Å²) in [5.74, 6) is -1.59. The number of amides is 1. The molecule has 0 bridgehead atoms. The molecule has 1 aliphatic rings. The topological polar surface area (TPSA) is 46.3 Å². The van der Waals surface area contributed by atoms with E-state index in [0.29, 0.717) is 19.0 Å². The van der Waals surface area contributed by atoms with Crippen LogP contribution in [0, 0.1) is 17.6 Å². The number of carbonyl (C=O) groups is 1. The van der Waals surface area contributed by atoms with Gasteiger partial charge in [0.25, 0.3) is 5.91 Å². The monoisotopic (exact) mass is 268 g/mol. The molecule has 5 heteroatoms. The smallest absolute Gasteiger partial charge is 0.254 e. The van der Waals surface area contributed by atoms with E-state index in [2.05, 4.69) is 6.92 Å². The predicted octanol–water partition coefficient (Wildman–Crippen LogP) is 2.81. The molecule has 1 amide bonds. The Morgan fingerprint density at radius 2 is 2.05 bits per heavy atom. The molecule has 1 aromatic rings. The van der Waals surface area contributed by atoms with Gasteiger partial charge in [-0.25, -0.2) is 8.78 Å². The maximum absolute atomic E-state index is 13.3. The Labute approximate surface area is 111 Å². The Bertz CT molecular complexity index is 467. The van der Waals surface area contributed by atoms with Crippen molar-refractivity contribution in [2.45, 2.75) is 26.2 Å². The second-order valence-electron chi connectivity index (χ2n) is 5.05. The molecule has 3 nitrogen and oxygen atoms in total. The molecule has 1 atom stereocenters. The van der Waals surface area contributed by atoms with E-state index in [1.54, 1.807) is 4.90 Å². The van der Waals surface area contributed by atoms with Crippen molar-refractivity contribution in [3.8, 4) is 0 Å². The molecule has 2 N–H and O–H groups in total. The summed E-state index contributed by atoms with van der Waals surface area (Å²) in [6.45, 7) is 3.42. The molecule has 1 heterocycles. The van der Waals surface area contributed by atoms with E-state index in [9.17, 15) is 13.6 Å². The van der Waals surface area contributed by atoms with Gasteiger partial charge in [-0.15, -0.1) is 0 Å². The van der Waals surface area contributed by atoms with E-state index in [1.165, 1.54) is 0 Å². The van der Waals surface area contributed by atoms with Gasteiger partial charge < -0.3 is 10.6 Å². The zero-order valence-corrected chi connectivity index (χ0v) is 11.0. The molecule has 1 unspecified atom stereocenters. The fourth-order valence-corrected chi connectivity index (χ4v) is 2.55. The maximum Gasteiger partial charge on any atom is 0.254 e. The molecule has 0 spiro atoms. The third-order valence-electron chi connectivity index (χ3n) is 3.60. The lowest BCUT2D eigenvalue weighted by molar-refractivity contribution is 0.0785. The number of hydrogen-bond acceptors (Lipinski definition) is 2. The second kappa shape index (κ2) is 5.55. The Hall–Kier alpha value is -1.65. The fourth-order valence-electron chi connectivity index (χ4n) is 2.55. The van der Waals surface area contributed by atoms with Crippen LogP contribution in [0.25, 0.3) is 0 Å². The summed E-state index contributed by atoms with van der Waals surface area (Å²) in [6.07, 6.45) is 3.12. The summed E-state index contributed by atoms with van der Waals surface area (Å²) in [6, 6.07) is 2.02. The van der Waals surface area contributed by atoms with Crippen LogP contribution in [0.5, 0.6) is 0 Å². The first-order chi connectivity index (χ1) is 9.02. The van der Waals surface area contributed by atoms with Gasteiger partial charge in [0.15, 0.2) is 0 Å². The molecule has 1 fully saturated rings. The largest absolute Gasteiger partial charge is 0.394 e. The van der Waals surface area contributed by atoms with Crippen molar-refractivity contribution >= 4 is 11.6 Å². The number of likely N-dealkylation sites (tertiary alicyclic amines) is 1. The molecule has 1 aliphatic heterocycles. The van der Waals surface area contributed by atoms with Crippen LogP contribution >= 0.6 is 0 Å². The molecule has 0 aromatic heterocycles. The minimum atomic E-state index is -0.882. The Balaban J connectivity index is 2.13. The highest BCUT2D eigenvalue weighted by molar-refractivity contribution is 5.94. The number of nitrogens with zero attached hydrogens (tertiary/aromatic N) is 1. The van der Waals surface area contributed by atoms with Gasteiger partial charge in [-0.2, -0.15) is 0 Å². The van der Waals surface area contributed by atoms with E-state index in [1.807, 2.05) is 0 Å². The van der Waals surface area contributed by atoms with Crippen LogP contribution in [-0.4, -0.2) is 23.9 Å². The third kappa shape index (κ3) is 2.85. The van der Waals surface area contributed by atoms with Crippen molar-refractivity contribution in [2.75, 3.05) is 18.8 Å². The molecule has 104 valence electrons. The number of benzene rings is 1.